The molecule has 0 aliphatic heterocycles. The first-order valence-electron chi connectivity index (χ1n) is 4.33. The molecule has 2 N–H and O–H groups in total. The molecule has 0 rings (SSSR count). The standard InChI is InChI=1S/C9H20N2/c1-7(2)9(5-6-10)11-8(3)4/h6-11H,5H2,1-4H3. The lowest BCUT2D eigenvalue weighted by molar-refractivity contribution is 0.381. The summed E-state index contributed by atoms with van der Waals surface area (Å²) in [6.07, 6.45) is 2.33. The van der Waals surface area contributed by atoms with Crippen molar-refractivity contribution in [3.05, 3.63) is 0 Å². The second kappa shape index (κ2) is 5.30. The van der Waals surface area contributed by atoms with Crippen LogP contribution in [0, 0.1) is 11.3 Å². The minimum absolute atomic E-state index is 0.465. The van der Waals surface area contributed by atoms with Gasteiger partial charge in [-0.25, -0.2) is 0 Å². The van der Waals surface area contributed by atoms with E-state index in [-0.39, 0.29) is 0 Å². The summed E-state index contributed by atoms with van der Waals surface area (Å²) >= 11 is 0. The molecule has 2 nitrogen and oxygen atoms in total. The van der Waals surface area contributed by atoms with Gasteiger partial charge >= 0.3 is 0 Å². The smallest absolute Gasteiger partial charge is 0.0142 e. The van der Waals surface area contributed by atoms with Crippen LogP contribution in [0.5, 0.6) is 0 Å². The molecule has 0 amide bonds. The molecule has 1 atom stereocenters. The van der Waals surface area contributed by atoms with Crippen LogP contribution >= 0.6 is 0 Å². The fourth-order valence-electron chi connectivity index (χ4n) is 1.09. The molecule has 1 unspecified atom stereocenters. The zero-order valence-corrected chi connectivity index (χ0v) is 8.02. The Morgan fingerprint density at radius 1 is 1.27 bits per heavy atom. The van der Waals surface area contributed by atoms with Crippen molar-refractivity contribution < 1.29 is 0 Å². The van der Waals surface area contributed by atoms with Gasteiger partial charge in [0.1, 0.15) is 0 Å². The zero-order chi connectivity index (χ0) is 8.85. The van der Waals surface area contributed by atoms with Crippen LogP contribution in [0.1, 0.15) is 34.1 Å². The molecule has 0 bridgehead atoms. The van der Waals surface area contributed by atoms with Crippen LogP contribution in [-0.4, -0.2) is 18.3 Å². The first kappa shape index (κ1) is 10.6. The Labute approximate surface area is 69.9 Å². The van der Waals surface area contributed by atoms with Crippen molar-refractivity contribution in [2.75, 3.05) is 0 Å². The third kappa shape index (κ3) is 4.96. The Hall–Kier alpha value is -0.370. The van der Waals surface area contributed by atoms with Crippen molar-refractivity contribution in [1.29, 1.82) is 5.41 Å². The van der Waals surface area contributed by atoms with Gasteiger partial charge in [0.25, 0.3) is 0 Å². The van der Waals surface area contributed by atoms with Crippen molar-refractivity contribution in [3.63, 3.8) is 0 Å². The minimum atomic E-state index is 0.465. The quantitative estimate of drug-likeness (QED) is 0.587. The second-order valence-electron chi connectivity index (χ2n) is 3.61. The molecule has 11 heavy (non-hydrogen) atoms. The first-order valence-corrected chi connectivity index (χ1v) is 4.33. The summed E-state index contributed by atoms with van der Waals surface area (Å²) in [6.45, 7) is 8.64. The van der Waals surface area contributed by atoms with Crippen LogP contribution in [0.4, 0.5) is 0 Å². The molecular weight excluding hydrogens is 136 g/mol. The van der Waals surface area contributed by atoms with E-state index in [9.17, 15) is 0 Å². The summed E-state index contributed by atoms with van der Waals surface area (Å²) in [5.41, 5.74) is 0. The number of rotatable bonds is 5. The van der Waals surface area contributed by atoms with Crippen molar-refractivity contribution in [2.24, 2.45) is 5.92 Å². The van der Waals surface area contributed by atoms with Crippen LogP contribution in [-0.2, 0) is 0 Å². The third-order valence-electron chi connectivity index (χ3n) is 1.72. The van der Waals surface area contributed by atoms with E-state index >= 15 is 0 Å². The highest BCUT2D eigenvalue weighted by molar-refractivity contribution is 5.53. The highest BCUT2D eigenvalue weighted by atomic mass is 14.9. The van der Waals surface area contributed by atoms with Crippen LogP contribution in [0.15, 0.2) is 0 Å². The van der Waals surface area contributed by atoms with Crippen molar-refractivity contribution in [2.45, 2.75) is 46.2 Å². The summed E-state index contributed by atoms with van der Waals surface area (Å²) in [6, 6.07) is 0.981. The Bertz CT molecular complexity index is 108. The fraction of sp³-hybridized carbons (Fsp3) is 0.889. The molecule has 0 heterocycles. The lowest BCUT2D eigenvalue weighted by Crippen LogP contribution is -2.38. The lowest BCUT2D eigenvalue weighted by Gasteiger charge is -2.22. The summed E-state index contributed by atoms with van der Waals surface area (Å²) in [5.74, 6) is 0.610. The monoisotopic (exact) mass is 156 g/mol. The molecule has 0 spiro atoms. The molecule has 0 aromatic rings. The van der Waals surface area contributed by atoms with Gasteiger partial charge in [0, 0.05) is 12.1 Å². The minimum Gasteiger partial charge on any atom is -0.313 e. The highest BCUT2D eigenvalue weighted by Gasteiger charge is 2.11. The average Bonchev–Trinajstić information content (AvgIpc) is 1.86. The van der Waals surface area contributed by atoms with Crippen molar-refractivity contribution >= 4 is 6.21 Å². The molecule has 0 aliphatic rings. The van der Waals surface area contributed by atoms with E-state index in [2.05, 4.69) is 33.0 Å². The molecule has 0 fully saturated rings. The van der Waals surface area contributed by atoms with E-state index in [0.717, 1.165) is 6.42 Å². The topological polar surface area (TPSA) is 35.9 Å². The molecular formula is C9H20N2. The van der Waals surface area contributed by atoms with E-state index in [1.165, 1.54) is 6.21 Å². The first-order chi connectivity index (χ1) is 5.07. The predicted octanol–water partition coefficient (Wildman–Crippen LogP) is 2.05. The molecule has 0 saturated carbocycles. The van der Waals surface area contributed by atoms with Gasteiger partial charge in [-0.05, 0) is 18.6 Å². The van der Waals surface area contributed by atoms with Crippen LogP contribution in [0.25, 0.3) is 0 Å². The molecule has 66 valence electrons. The maximum Gasteiger partial charge on any atom is 0.0142 e. The highest BCUT2D eigenvalue weighted by Crippen LogP contribution is 2.05. The SMILES string of the molecule is CC(C)NC(CC=N)C(C)C. The second-order valence-corrected chi connectivity index (χ2v) is 3.61. The van der Waals surface area contributed by atoms with Gasteiger partial charge in [0.2, 0.25) is 0 Å². The molecule has 2 heteroatoms. The Kier molecular flexibility index (Phi) is 5.12. The number of hydrogen-bond donors (Lipinski definition) is 2. The van der Waals surface area contributed by atoms with Crippen molar-refractivity contribution in [3.8, 4) is 0 Å². The fourth-order valence-corrected chi connectivity index (χ4v) is 1.09. The Morgan fingerprint density at radius 3 is 2.09 bits per heavy atom. The van der Waals surface area contributed by atoms with Gasteiger partial charge in [-0.15, -0.1) is 0 Å². The van der Waals surface area contributed by atoms with Crippen LogP contribution in [0.2, 0.25) is 0 Å². The van der Waals surface area contributed by atoms with Crippen molar-refractivity contribution in [1.82, 2.24) is 5.32 Å². The largest absolute Gasteiger partial charge is 0.313 e. The Balaban J connectivity index is 3.78. The van der Waals surface area contributed by atoms with Crippen LogP contribution in [0.3, 0.4) is 0 Å². The summed E-state index contributed by atoms with van der Waals surface area (Å²) in [4.78, 5) is 0. The maximum atomic E-state index is 7.01. The predicted molar refractivity (Wildman–Crippen MR) is 50.3 cm³/mol. The number of nitrogens with one attached hydrogen (secondary N) is 2. The molecule has 0 aromatic heterocycles. The van der Waals surface area contributed by atoms with Gasteiger partial charge < -0.3 is 10.7 Å². The van der Waals surface area contributed by atoms with E-state index in [1.54, 1.807) is 0 Å². The summed E-state index contributed by atoms with van der Waals surface area (Å²) < 4.78 is 0. The lowest BCUT2D eigenvalue weighted by atomic mass is 10.0. The van der Waals surface area contributed by atoms with E-state index in [1.807, 2.05) is 0 Å². The van der Waals surface area contributed by atoms with Gasteiger partial charge in [-0.2, -0.15) is 0 Å². The average molecular weight is 156 g/mol. The number of hydrogen-bond acceptors (Lipinski definition) is 2. The molecule has 0 aliphatic carbocycles. The van der Waals surface area contributed by atoms with Gasteiger partial charge in [-0.1, -0.05) is 27.7 Å². The zero-order valence-electron chi connectivity index (χ0n) is 8.02. The van der Waals surface area contributed by atoms with Gasteiger partial charge in [0.15, 0.2) is 0 Å². The Morgan fingerprint density at radius 2 is 1.82 bits per heavy atom. The molecule has 0 aromatic carbocycles. The van der Waals surface area contributed by atoms with Gasteiger partial charge in [0.05, 0.1) is 0 Å². The summed E-state index contributed by atoms with van der Waals surface area (Å²) in [7, 11) is 0. The summed E-state index contributed by atoms with van der Waals surface area (Å²) in [5, 5.41) is 10.4. The van der Waals surface area contributed by atoms with Gasteiger partial charge in [-0.3, -0.25) is 0 Å². The molecule has 0 radical (unpaired) electrons. The molecule has 0 saturated heterocycles. The van der Waals surface area contributed by atoms with E-state index in [4.69, 9.17) is 5.41 Å². The normalized spacial score (nSPS) is 14.0. The maximum absolute atomic E-state index is 7.01. The van der Waals surface area contributed by atoms with Crippen LogP contribution < -0.4 is 5.32 Å². The van der Waals surface area contributed by atoms with E-state index < -0.39 is 0 Å². The third-order valence-corrected chi connectivity index (χ3v) is 1.72. The van der Waals surface area contributed by atoms with E-state index in [0.29, 0.717) is 18.0 Å².